The van der Waals surface area contributed by atoms with E-state index in [9.17, 15) is 9.59 Å². The molecule has 7 rings (SSSR count). The molecule has 8 heteroatoms. The van der Waals surface area contributed by atoms with E-state index in [1.807, 2.05) is 48.2 Å². The van der Waals surface area contributed by atoms with Gasteiger partial charge in [0.25, 0.3) is 11.8 Å². The molecule has 3 fully saturated rings. The van der Waals surface area contributed by atoms with Gasteiger partial charge in [-0.1, -0.05) is 12.1 Å². The zero-order valence-electron chi connectivity index (χ0n) is 24.2. The van der Waals surface area contributed by atoms with Crippen molar-refractivity contribution in [2.75, 3.05) is 33.3 Å². The molecule has 42 heavy (non-hydrogen) atoms. The largest absolute Gasteiger partial charge is 0.492 e. The van der Waals surface area contributed by atoms with Gasteiger partial charge >= 0.3 is 0 Å². The summed E-state index contributed by atoms with van der Waals surface area (Å²) in [6, 6.07) is 18.5. The Hall–Kier alpha value is -3.75. The summed E-state index contributed by atoms with van der Waals surface area (Å²) in [5.74, 6) is 0.757. The summed E-state index contributed by atoms with van der Waals surface area (Å²) in [5, 5.41) is 4.45. The maximum absolute atomic E-state index is 13.8. The number of carbonyl (C=O) groups is 2. The molecule has 0 radical (unpaired) electrons. The van der Waals surface area contributed by atoms with Crippen LogP contribution in [0.3, 0.4) is 0 Å². The molecular weight excluding hydrogens is 544 g/mol. The first-order valence-electron chi connectivity index (χ1n) is 15.0. The normalized spacial score (nSPS) is 19.5. The predicted molar refractivity (Wildman–Crippen MR) is 166 cm³/mol. The lowest BCUT2D eigenvalue weighted by atomic mass is 9.95. The average molecular weight is 581 g/mol. The number of amides is 2. The van der Waals surface area contributed by atoms with Gasteiger partial charge in [0, 0.05) is 41.2 Å². The molecule has 1 N–H and O–H groups in total. The van der Waals surface area contributed by atoms with Crippen molar-refractivity contribution in [3.63, 3.8) is 0 Å². The first-order valence-corrected chi connectivity index (χ1v) is 15.8. The topological polar surface area (TPSA) is 74.8 Å². The smallest absolute Gasteiger partial charge is 0.263 e. The van der Waals surface area contributed by atoms with Crippen LogP contribution in [-0.2, 0) is 5.54 Å². The maximum atomic E-state index is 13.8. The SMILES string of the molecule is Cc1ccc(OCC2CCN2C)cc1C(=O)NC1(c2cc(-c3ccc(C(=O)N4CCCC4)s3)cc3ncccc23)CC1. The Bertz CT molecular complexity index is 1670. The van der Waals surface area contributed by atoms with Crippen molar-refractivity contribution in [3.8, 4) is 16.2 Å². The molecule has 2 amide bonds. The first kappa shape index (κ1) is 27.1. The number of ether oxygens (including phenoxy) is 1. The number of rotatable bonds is 8. The number of hydrogen-bond donors (Lipinski definition) is 1. The second kappa shape index (κ2) is 10.8. The zero-order valence-corrected chi connectivity index (χ0v) is 25.0. The minimum atomic E-state index is -0.461. The Balaban J connectivity index is 1.16. The number of carbonyl (C=O) groups excluding carboxylic acids is 2. The summed E-state index contributed by atoms with van der Waals surface area (Å²) in [7, 11) is 2.11. The second-order valence-corrected chi connectivity index (χ2v) is 13.1. The van der Waals surface area contributed by atoms with Gasteiger partial charge in [0.1, 0.15) is 12.4 Å². The number of nitrogens with zero attached hydrogens (tertiary/aromatic N) is 3. The highest BCUT2D eigenvalue weighted by Gasteiger charge is 2.47. The molecule has 216 valence electrons. The Morgan fingerprint density at radius 3 is 2.64 bits per heavy atom. The standard InChI is InChI=1S/C34H36N4O3S/c1-22-7-8-25(41-21-24-11-17-37(24)2)20-27(22)32(39)36-34(12-13-34)28-18-23(19-29-26(28)6-5-14-35-29)30-9-10-31(42-30)33(40)38-15-3-4-16-38/h5-10,14,18-20,24H,3-4,11-13,15-17,21H2,1-2H3,(H,36,39). The summed E-state index contributed by atoms with van der Waals surface area (Å²) in [4.78, 5) is 37.5. The zero-order chi connectivity index (χ0) is 28.8. The van der Waals surface area contributed by atoms with Gasteiger partial charge in [0.05, 0.1) is 15.9 Å². The number of aromatic nitrogens is 1. The van der Waals surface area contributed by atoms with Gasteiger partial charge in [-0.2, -0.15) is 0 Å². The van der Waals surface area contributed by atoms with Crippen LogP contribution in [0.15, 0.2) is 60.8 Å². The molecule has 1 saturated carbocycles. The lowest BCUT2D eigenvalue weighted by molar-refractivity contribution is 0.0767. The Kier molecular flexibility index (Phi) is 6.98. The Labute approximate surface area is 250 Å². The van der Waals surface area contributed by atoms with Gasteiger partial charge in [-0.05, 0) is 112 Å². The fourth-order valence-corrected chi connectivity index (χ4v) is 7.15. The third kappa shape index (κ3) is 5.07. The molecule has 2 aromatic heterocycles. The van der Waals surface area contributed by atoms with Crippen molar-refractivity contribution in [1.29, 1.82) is 0 Å². The van der Waals surface area contributed by atoms with E-state index in [1.54, 1.807) is 6.20 Å². The Morgan fingerprint density at radius 1 is 1.07 bits per heavy atom. The minimum Gasteiger partial charge on any atom is -0.492 e. The van der Waals surface area contributed by atoms with E-state index in [0.29, 0.717) is 18.2 Å². The molecule has 1 aliphatic carbocycles. The van der Waals surface area contributed by atoms with Gasteiger partial charge in [-0.3, -0.25) is 19.5 Å². The van der Waals surface area contributed by atoms with Gasteiger partial charge in [0.2, 0.25) is 0 Å². The number of thiophene rings is 1. The van der Waals surface area contributed by atoms with Crippen LogP contribution in [-0.4, -0.2) is 65.9 Å². The molecule has 3 aliphatic rings. The second-order valence-electron chi connectivity index (χ2n) is 12.0. The van der Waals surface area contributed by atoms with Gasteiger partial charge in [-0.25, -0.2) is 0 Å². The van der Waals surface area contributed by atoms with Crippen molar-refractivity contribution in [1.82, 2.24) is 20.1 Å². The van der Waals surface area contributed by atoms with E-state index in [0.717, 1.165) is 94.8 Å². The van der Waals surface area contributed by atoms with Crippen LogP contribution >= 0.6 is 11.3 Å². The molecule has 4 aromatic rings. The van der Waals surface area contributed by atoms with E-state index >= 15 is 0 Å². The lowest BCUT2D eigenvalue weighted by Gasteiger charge is -2.37. The molecule has 0 spiro atoms. The van der Waals surface area contributed by atoms with E-state index < -0.39 is 5.54 Å². The van der Waals surface area contributed by atoms with Crippen molar-refractivity contribution >= 4 is 34.1 Å². The molecule has 0 bridgehead atoms. The minimum absolute atomic E-state index is 0.0896. The third-order valence-electron chi connectivity index (χ3n) is 9.17. The number of likely N-dealkylation sites (tertiary alicyclic amines) is 2. The third-order valence-corrected chi connectivity index (χ3v) is 10.3. The maximum Gasteiger partial charge on any atom is 0.263 e. The molecule has 7 nitrogen and oxygen atoms in total. The van der Waals surface area contributed by atoms with Gasteiger partial charge in [-0.15, -0.1) is 11.3 Å². The van der Waals surface area contributed by atoms with Gasteiger partial charge < -0.3 is 15.0 Å². The van der Waals surface area contributed by atoms with Crippen LogP contribution in [0.2, 0.25) is 0 Å². The first-order chi connectivity index (χ1) is 20.4. The van der Waals surface area contributed by atoms with E-state index in [4.69, 9.17) is 4.74 Å². The number of nitrogens with one attached hydrogen (secondary N) is 1. The fourth-order valence-electron chi connectivity index (χ4n) is 6.18. The van der Waals surface area contributed by atoms with Crippen molar-refractivity contribution in [2.45, 2.75) is 50.6 Å². The van der Waals surface area contributed by atoms with Crippen molar-refractivity contribution < 1.29 is 14.3 Å². The van der Waals surface area contributed by atoms with Crippen LogP contribution < -0.4 is 10.1 Å². The summed E-state index contributed by atoms with van der Waals surface area (Å²) in [5.41, 5.74) is 4.09. The quantitative estimate of drug-likeness (QED) is 0.276. The predicted octanol–water partition coefficient (Wildman–Crippen LogP) is 6.01. The molecule has 1 atom stereocenters. The monoisotopic (exact) mass is 580 g/mol. The van der Waals surface area contributed by atoms with E-state index in [-0.39, 0.29) is 11.8 Å². The fraction of sp³-hybridized carbons (Fsp3) is 0.382. The molecule has 2 aromatic carbocycles. The van der Waals surface area contributed by atoms with Crippen LogP contribution in [0.1, 0.15) is 63.3 Å². The summed E-state index contributed by atoms with van der Waals surface area (Å²) in [6.45, 7) is 5.38. The number of hydrogen-bond acceptors (Lipinski definition) is 6. The van der Waals surface area contributed by atoms with Crippen LogP contribution in [0.5, 0.6) is 5.75 Å². The molecule has 2 saturated heterocycles. The highest BCUT2D eigenvalue weighted by Crippen LogP contribution is 2.49. The molecular formula is C34H36N4O3S. The average Bonchev–Trinajstić information content (AvgIpc) is 3.37. The van der Waals surface area contributed by atoms with Crippen molar-refractivity contribution in [2.24, 2.45) is 0 Å². The van der Waals surface area contributed by atoms with E-state index in [1.165, 1.54) is 11.3 Å². The number of pyridine rings is 1. The van der Waals surface area contributed by atoms with E-state index in [2.05, 4.69) is 40.4 Å². The van der Waals surface area contributed by atoms with Crippen LogP contribution in [0.25, 0.3) is 21.3 Å². The molecule has 2 aliphatic heterocycles. The van der Waals surface area contributed by atoms with Crippen LogP contribution in [0, 0.1) is 6.92 Å². The molecule has 4 heterocycles. The molecule has 1 unspecified atom stereocenters. The summed E-state index contributed by atoms with van der Waals surface area (Å²) in [6.07, 6.45) is 6.82. The summed E-state index contributed by atoms with van der Waals surface area (Å²) >= 11 is 1.53. The number of aryl methyl sites for hydroxylation is 1. The van der Waals surface area contributed by atoms with Gasteiger partial charge in [0.15, 0.2) is 0 Å². The number of fused-ring (bicyclic) bond motifs is 1. The summed E-state index contributed by atoms with van der Waals surface area (Å²) < 4.78 is 6.07. The highest BCUT2D eigenvalue weighted by atomic mass is 32.1. The number of likely N-dealkylation sites (N-methyl/N-ethyl adjacent to an activating group) is 1. The highest BCUT2D eigenvalue weighted by molar-refractivity contribution is 7.17. The number of benzene rings is 2. The lowest BCUT2D eigenvalue weighted by Crippen LogP contribution is -2.48. The van der Waals surface area contributed by atoms with Crippen LogP contribution in [0.4, 0.5) is 0 Å². The van der Waals surface area contributed by atoms with Crippen molar-refractivity contribution in [3.05, 3.63) is 82.4 Å². The Morgan fingerprint density at radius 2 is 1.90 bits per heavy atom.